The van der Waals surface area contributed by atoms with Crippen molar-refractivity contribution in [3.05, 3.63) is 42.2 Å². The van der Waals surface area contributed by atoms with Gasteiger partial charge in [-0.15, -0.1) is 0 Å². The number of benzene rings is 1. The van der Waals surface area contributed by atoms with Gasteiger partial charge in [0, 0.05) is 55.5 Å². The Bertz CT molecular complexity index is 786. The molecule has 2 aromatic rings. The molecule has 1 aromatic heterocycles. The number of aromatic nitrogens is 2. The Hall–Kier alpha value is -2.27. The SMILES string of the molecule is CC(C)C(=O)Cc1ccc(-c2cnc(N3C4CCC3CN(C)C4)nc2)cc1. The van der Waals surface area contributed by atoms with E-state index in [1.807, 2.05) is 38.4 Å². The second-order valence-electron chi connectivity index (χ2n) is 8.28. The van der Waals surface area contributed by atoms with Crippen molar-refractivity contribution in [2.45, 2.75) is 45.2 Å². The van der Waals surface area contributed by atoms with Crippen LogP contribution < -0.4 is 4.90 Å². The number of nitrogens with zero attached hydrogens (tertiary/aromatic N) is 4. The van der Waals surface area contributed by atoms with Crippen LogP contribution in [-0.2, 0) is 11.2 Å². The van der Waals surface area contributed by atoms with Crippen molar-refractivity contribution in [3.8, 4) is 11.1 Å². The Morgan fingerprint density at radius 2 is 1.63 bits per heavy atom. The summed E-state index contributed by atoms with van der Waals surface area (Å²) >= 11 is 0. The first kappa shape index (κ1) is 18.1. The molecule has 1 aromatic carbocycles. The molecule has 2 saturated heterocycles. The van der Waals surface area contributed by atoms with Crippen LogP contribution >= 0.6 is 0 Å². The lowest BCUT2D eigenvalue weighted by atomic mass is 9.99. The van der Waals surface area contributed by atoms with Crippen LogP contribution in [0.1, 0.15) is 32.3 Å². The van der Waals surface area contributed by atoms with E-state index in [9.17, 15) is 4.79 Å². The first-order valence-electron chi connectivity index (χ1n) is 9.92. The van der Waals surface area contributed by atoms with Gasteiger partial charge in [-0.2, -0.15) is 0 Å². The third-order valence-corrected chi connectivity index (χ3v) is 5.84. The van der Waals surface area contributed by atoms with Gasteiger partial charge in [-0.25, -0.2) is 9.97 Å². The number of likely N-dealkylation sites (tertiary alicyclic amines) is 1. The molecule has 0 N–H and O–H groups in total. The van der Waals surface area contributed by atoms with Crippen LogP contribution in [0.3, 0.4) is 0 Å². The Morgan fingerprint density at radius 1 is 1.04 bits per heavy atom. The third kappa shape index (κ3) is 3.74. The molecule has 0 aliphatic carbocycles. The normalized spacial score (nSPS) is 22.4. The van der Waals surface area contributed by atoms with Crippen molar-refractivity contribution in [1.29, 1.82) is 0 Å². The van der Waals surface area contributed by atoms with Crippen molar-refractivity contribution < 1.29 is 4.79 Å². The number of fused-ring (bicyclic) bond motifs is 2. The van der Waals surface area contributed by atoms with Crippen LogP contribution in [0.2, 0.25) is 0 Å². The van der Waals surface area contributed by atoms with Gasteiger partial charge in [-0.05, 0) is 31.0 Å². The first-order valence-corrected chi connectivity index (χ1v) is 9.92. The van der Waals surface area contributed by atoms with Gasteiger partial charge in [0.1, 0.15) is 5.78 Å². The van der Waals surface area contributed by atoms with E-state index in [1.165, 1.54) is 12.8 Å². The smallest absolute Gasteiger partial charge is 0.225 e. The van der Waals surface area contributed by atoms with Crippen molar-refractivity contribution in [3.63, 3.8) is 0 Å². The lowest BCUT2D eigenvalue weighted by Gasteiger charge is -2.39. The van der Waals surface area contributed by atoms with Gasteiger partial charge < -0.3 is 9.80 Å². The molecule has 2 fully saturated rings. The van der Waals surface area contributed by atoms with E-state index < -0.39 is 0 Å². The number of hydrogen-bond acceptors (Lipinski definition) is 5. The monoisotopic (exact) mass is 364 g/mol. The highest BCUT2D eigenvalue weighted by Crippen LogP contribution is 2.32. The molecule has 0 spiro atoms. The molecule has 4 rings (SSSR count). The number of carbonyl (C=O) groups excluding carboxylic acids is 1. The maximum absolute atomic E-state index is 11.9. The molecule has 5 nitrogen and oxygen atoms in total. The van der Waals surface area contributed by atoms with Crippen LogP contribution in [0.15, 0.2) is 36.7 Å². The molecule has 2 unspecified atom stereocenters. The summed E-state index contributed by atoms with van der Waals surface area (Å²) in [5.74, 6) is 1.21. The molecule has 2 aliphatic rings. The van der Waals surface area contributed by atoms with Gasteiger partial charge in [-0.3, -0.25) is 4.79 Å². The fourth-order valence-corrected chi connectivity index (χ4v) is 4.26. The average Bonchev–Trinajstić information content (AvgIpc) is 2.93. The molecular formula is C22H28N4O. The summed E-state index contributed by atoms with van der Waals surface area (Å²) in [5, 5.41) is 0. The van der Waals surface area contributed by atoms with Crippen molar-refractivity contribution in [1.82, 2.24) is 14.9 Å². The molecule has 0 amide bonds. The summed E-state index contributed by atoms with van der Waals surface area (Å²) in [6.07, 6.45) is 6.82. The number of Topliss-reactive ketones (excluding diaryl/α,β-unsaturated/α-hetero) is 1. The number of anilines is 1. The molecular weight excluding hydrogens is 336 g/mol. The minimum Gasteiger partial charge on any atom is -0.332 e. The largest absolute Gasteiger partial charge is 0.332 e. The summed E-state index contributed by atoms with van der Waals surface area (Å²) in [6, 6.07) is 9.26. The van der Waals surface area contributed by atoms with E-state index >= 15 is 0 Å². The Labute approximate surface area is 161 Å². The minimum absolute atomic E-state index is 0.0792. The Kier molecular flexibility index (Phi) is 4.96. The highest BCUT2D eigenvalue weighted by molar-refractivity contribution is 5.82. The fourth-order valence-electron chi connectivity index (χ4n) is 4.26. The molecule has 142 valence electrons. The van der Waals surface area contributed by atoms with E-state index in [1.54, 1.807) is 0 Å². The number of ketones is 1. The molecule has 5 heteroatoms. The fraction of sp³-hybridized carbons (Fsp3) is 0.500. The van der Waals surface area contributed by atoms with Gasteiger partial charge in [0.25, 0.3) is 0 Å². The number of hydrogen-bond donors (Lipinski definition) is 0. The third-order valence-electron chi connectivity index (χ3n) is 5.84. The topological polar surface area (TPSA) is 49.3 Å². The summed E-state index contributed by atoms with van der Waals surface area (Å²) in [7, 11) is 2.20. The Balaban J connectivity index is 1.47. The summed E-state index contributed by atoms with van der Waals surface area (Å²) in [4.78, 5) is 26.1. The maximum atomic E-state index is 11.9. The molecule has 2 bridgehead atoms. The van der Waals surface area contributed by atoms with Crippen molar-refractivity contribution in [2.24, 2.45) is 5.92 Å². The van der Waals surface area contributed by atoms with Crippen LogP contribution in [-0.4, -0.2) is 52.9 Å². The van der Waals surface area contributed by atoms with Crippen LogP contribution in [0, 0.1) is 5.92 Å². The minimum atomic E-state index is 0.0792. The number of rotatable bonds is 5. The van der Waals surface area contributed by atoms with Crippen LogP contribution in [0.25, 0.3) is 11.1 Å². The van der Waals surface area contributed by atoms with Gasteiger partial charge in [0.2, 0.25) is 5.95 Å². The molecule has 0 saturated carbocycles. The summed E-state index contributed by atoms with van der Waals surface area (Å²) in [5.41, 5.74) is 3.16. The highest BCUT2D eigenvalue weighted by Gasteiger charge is 2.40. The standard InChI is InChI=1S/C22H28N4O/c1-15(2)21(27)10-16-4-6-17(7-5-16)18-11-23-22(24-12-18)26-19-8-9-20(26)14-25(3)13-19/h4-7,11-12,15,19-20H,8-10,13-14H2,1-3H3. The van der Waals surface area contributed by atoms with E-state index in [4.69, 9.17) is 0 Å². The zero-order valence-corrected chi connectivity index (χ0v) is 16.4. The first-order chi connectivity index (χ1) is 13.0. The zero-order valence-electron chi connectivity index (χ0n) is 16.4. The number of likely N-dealkylation sites (N-methyl/N-ethyl adjacent to an activating group) is 1. The predicted molar refractivity (Wildman–Crippen MR) is 108 cm³/mol. The molecule has 27 heavy (non-hydrogen) atoms. The molecule has 2 aliphatic heterocycles. The summed E-state index contributed by atoms with van der Waals surface area (Å²) in [6.45, 7) is 6.08. The second-order valence-corrected chi connectivity index (χ2v) is 8.28. The van der Waals surface area contributed by atoms with Crippen LogP contribution in [0.4, 0.5) is 5.95 Å². The molecule has 3 heterocycles. The average molecular weight is 364 g/mol. The number of carbonyl (C=O) groups is 1. The van der Waals surface area contributed by atoms with E-state index in [2.05, 4.69) is 38.9 Å². The second kappa shape index (κ2) is 7.39. The maximum Gasteiger partial charge on any atom is 0.225 e. The van der Waals surface area contributed by atoms with Crippen molar-refractivity contribution >= 4 is 11.7 Å². The lowest BCUT2D eigenvalue weighted by Crippen LogP contribution is -2.53. The number of piperazine rings is 1. The lowest BCUT2D eigenvalue weighted by molar-refractivity contribution is -0.121. The van der Waals surface area contributed by atoms with Gasteiger partial charge in [0.05, 0.1) is 0 Å². The van der Waals surface area contributed by atoms with E-state index in [0.29, 0.717) is 18.5 Å². The highest BCUT2D eigenvalue weighted by atomic mass is 16.1. The van der Waals surface area contributed by atoms with E-state index in [0.717, 1.165) is 35.7 Å². The van der Waals surface area contributed by atoms with Crippen molar-refractivity contribution in [2.75, 3.05) is 25.0 Å². The van der Waals surface area contributed by atoms with Gasteiger partial charge in [0.15, 0.2) is 0 Å². The quantitative estimate of drug-likeness (QED) is 0.815. The molecule has 0 radical (unpaired) electrons. The Morgan fingerprint density at radius 3 is 2.19 bits per heavy atom. The van der Waals surface area contributed by atoms with Gasteiger partial charge >= 0.3 is 0 Å². The van der Waals surface area contributed by atoms with Crippen LogP contribution in [0.5, 0.6) is 0 Å². The van der Waals surface area contributed by atoms with E-state index in [-0.39, 0.29) is 11.7 Å². The van der Waals surface area contributed by atoms with Gasteiger partial charge in [-0.1, -0.05) is 38.1 Å². The predicted octanol–water partition coefficient (Wildman–Crippen LogP) is 3.19. The zero-order chi connectivity index (χ0) is 19.0. The molecule has 2 atom stereocenters. The summed E-state index contributed by atoms with van der Waals surface area (Å²) < 4.78 is 0.